The number of hydrogen-bond acceptors (Lipinski definition) is 3. The van der Waals surface area contributed by atoms with Crippen LogP contribution in [0.15, 0.2) is 18.2 Å². The summed E-state index contributed by atoms with van der Waals surface area (Å²) >= 11 is 5.67. The van der Waals surface area contributed by atoms with Crippen molar-refractivity contribution in [2.75, 3.05) is 5.01 Å². The van der Waals surface area contributed by atoms with E-state index in [9.17, 15) is 9.59 Å². The summed E-state index contributed by atoms with van der Waals surface area (Å²) in [5.41, 5.74) is 5.16. The summed E-state index contributed by atoms with van der Waals surface area (Å²) in [6, 6.07) is 3.92. The number of nitrogens with two attached hydrogens (primary N) is 2. The quantitative estimate of drug-likeness (QED) is 0.396. The number of carbonyl (C=O) groups is 2. The predicted molar refractivity (Wildman–Crippen MR) is 54.7 cm³/mol. The largest absolute Gasteiger partial charge is 0.464 e. The number of carbonyl (C=O) groups excluding carboxylic acids is 1. The van der Waals surface area contributed by atoms with Crippen molar-refractivity contribution in [2.24, 2.45) is 11.6 Å². The normalized spacial score (nSPS) is 9.73. The van der Waals surface area contributed by atoms with Crippen LogP contribution in [0.2, 0.25) is 5.02 Å². The van der Waals surface area contributed by atoms with Gasteiger partial charge in [-0.3, -0.25) is 4.79 Å². The smallest absolute Gasteiger partial charge is 0.426 e. The van der Waals surface area contributed by atoms with E-state index in [0.717, 1.165) is 0 Å². The van der Waals surface area contributed by atoms with Gasteiger partial charge in [0, 0.05) is 0 Å². The van der Waals surface area contributed by atoms with Gasteiger partial charge in [-0.2, -0.15) is 0 Å². The van der Waals surface area contributed by atoms with E-state index >= 15 is 0 Å². The van der Waals surface area contributed by atoms with Gasteiger partial charge in [0.25, 0.3) is 0 Å². The average molecular weight is 230 g/mol. The van der Waals surface area contributed by atoms with Gasteiger partial charge in [-0.15, -0.1) is 0 Å². The Morgan fingerprint density at radius 2 is 2.00 bits per heavy atom. The van der Waals surface area contributed by atoms with Crippen LogP contribution in [0.4, 0.5) is 10.5 Å². The van der Waals surface area contributed by atoms with E-state index in [4.69, 9.17) is 28.3 Å². The Hall–Kier alpha value is -1.79. The fourth-order valence-corrected chi connectivity index (χ4v) is 1.17. The minimum absolute atomic E-state index is 0.0193. The van der Waals surface area contributed by atoms with Gasteiger partial charge in [0.2, 0.25) is 5.91 Å². The molecule has 0 saturated carbocycles. The fraction of sp³-hybridized carbons (Fsp3) is 0. The minimum atomic E-state index is -1.35. The van der Waals surface area contributed by atoms with Gasteiger partial charge in [-0.25, -0.2) is 15.6 Å². The third-order valence-corrected chi connectivity index (χ3v) is 2.03. The zero-order valence-electron chi connectivity index (χ0n) is 7.48. The standard InChI is InChI=1S/C8H8ClN3O3/c9-6-2-1-4(12(11)8(14)15)3-5(6)7(10)13/h1-3H,11H2,(H2,10,13)(H,14,15). The number of hydrogen-bond donors (Lipinski definition) is 3. The highest BCUT2D eigenvalue weighted by atomic mass is 35.5. The van der Waals surface area contributed by atoms with Gasteiger partial charge >= 0.3 is 6.09 Å². The Morgan fingerprint density at radius 1 is 1.40 bits per heavy atom. The molecule has 0 unspecified atom stereocenters. The molecule has 0 aliphatic carbocycles. The fourth-order valence-electron chi connectivity index (χ4n) is 0.962. The van der Waals surface area contributed by atoms with Gasteiger partial charge in [-0.1, -0.05) is 11.6 Å². The summed E-state index contributed by atoms with van der Waals surface area (Å²) in [7, 11) is 0. The van der Waals surface area contributed by atoms with E-state index in [1.807, 2.05) is 0 Å². The number of nitrogens with zero attached hydrogens (tertiary/aromatic N) is 1. The van der Waals surface area contributed by atoms with Gasteiger partial charge < -0.3 is 10.8 Å². The molecule has 1 rings (SSSR count). The number of hydrazine groups is 1. The van der Waals surface area contributed by atoms with Crippen molar-refractivity contribution in [1.82, 2.24) is 0 Å². The SMILES string of the molecule is NC(=O)c1cc(N(N)C(=O)O)ccc1Cl. The van der Waals surface area contributed by atoms with Gasteiger partial charge in [0.15, 0.2) is 0 Å². The third-order valence-electron chi connectivity index (χ3n) is 1.70. The first-order valence-electron chi connectivity index (χ1n) is 3.80. The van der Waals surface area contributed by atoms with Crippen molar-refractivity contribution in [3.8, 4) is 0 Å². The maximum atomic E-state index is 10.9. The molecule has 0 spiro atoms. The summed E-state index contributed by atoms with van der Waals surface area (Å²) < 4.78 is 0. The van der Waals surface area contributed by atoms with Crippen LogP contribution in [0.1, 0.15) is 10.4 Å². The van der Waals surface area contributed by atoms with Gasteiger partial charge in [-0.05, 0) is 18.2 Å². The molecule has 0 fully saturated rings. The van der Waals surface area contributed by atoms with Crippen molar-refractivity contribution < 1.29 is 14.7 Å². The summed E-state index contributed by atoms with van der Waals surface area (Å²) in [4.78, 5) is 21.4. The van der Waals surface area contributed by atoms with Crippen LogP contribution in [0.25, 0.3) is 0 Å². The number of rotatable bonds is 2. The van der Waals surface area contributed by atoms with Crippen molar-refractivity contribution >= 4 is 29.3 Å². The van der Waals surface area contributed by atoms with Crippen molar-refractivity contribution in [2.45, 2.75) is 0 Å². The molecule has 0 bridgehead atoms. The van der Waals surface area contributed by atoms with E-state index < -0.39 is 12.0 Å². The molecule has 0 aliphatic rings. The monoisotopic (exact) mass is 229 g/mol. The summed E-state index contributed by atoms with van der Waals surface area (Å²) in [6.45, 7) is 0. The Balaban J connectivity index is 3.18. The summed E-state index contributed by atoms with van der Waals surface area (Å²) in [6.07, 6.45) is -1.35. The molecule has 6 nitrogen and oxygen atoms in total. The molecule has 2 amide bonds. The molecule has 80 valence electrons. The number of halogens is 1. The molecule has 1 aromatic rings. The highest BCUT2D eigenvalue weighted by Crippen LogP contribution is 2.21. The lowest BCUT2D eigenvalue weighted by atomic mass is 10.2. The van der Waals surface area contributed by atoms with Crippen LogP contribution in [0.5, 0.6) is 0 Å². The van der Waals surface area contributed by atoms with E-state index in [-0.39, 0.29) is 16.3 Å². The van der Waals surface area contributed by atoms with Crippen LogP contribution < -0.4 is 16.6 Å². The van der Waals surface area contributed by atoms with E-state index in [2.05, 4.69) is 0 Å². The number of carboxylic acid groups (broad SMARTS) is 1. The molecule has 0 heterocycles. The van der Waals surface area contributed by atoms with Crippen LogP contribution in [0.3, 0.4) is 0 Å². The highest BCUT2D eigenvalue weighted by molar-refractivity contribution is 6.33. The molecule has 0 atom stereocenters. The second kappa shape index (κ2) is 4.16. The first kappa shape index (κ1) is 11.3. The number of primary amides is 1. The minimum Gasteiger partial charge on any atom is -0.464 e. The zero-order chi connectivity index (χ0) is 11.6. The molecule has 5 N–H and O–H groups in total. The lowest BCUT2D eigenvalue weighted by Gasteiger charge is -2.13. The van der Waals surface area contributed by atoms with E-state index in [1.165, 1.54) is 18.2 Å². The van der Waals surface area contributed by atoms with Crippen molar-refractivity contribution in [3.63, 3.8) is 0 Å². The lowest BCUT2D eigenvalue weighted by Crippen LogP contribution is -2.36. The topological polar surface area (TPSA) is 110 Å². The maximum absolute atomic E-state index is 10.9. The van der Waals surface area contributed by atoms with Crippen molar-refractivity contribution in [3.05, 3.63) is 28.8 Å². The molecule has 0 saturated heterocycles. The van der Waals surface area contributed by atoms with Crippen LogP contribution in [-0.2, 0) is 0 Å². The van der Waals surface area contributed by atoms with E-state index in [1.54, 1.807) is 0 Å². The number of benzene rings is 1. The maximum Gasteiger partial charge on any atom is 0.426 e. The molecular weight excluding hydrogens is 222 g/mol. The Labute approximate surface area is 90.0 Å². The van der Waals surface area contributed by atoms with Crippen LogP contribution in [0, 0.1) is 0 Å². The molecule has 0 aliphatic heterocycles. The number of anilines is 1. The van der Waals surface area contributed by atoms with Gasteiger partial charge in [0.05, 0.1) is 16.3 Å². The second-order valence-corrected chi connectivity index (χ2v) is 3.09. The first-order chi connectivity index (χ1) is 6.93. The predicted octanol–water partition coefficient (Wildman–Crippen LogP) is 0.797. The van der Waals surface area contributed by atoms with E-state index in [0.29, 0.717) is 5.01 Å². The zero-order valence-corrected chi connectivity index (χ0v) is 8.23. The molecule has 7 heteroatoms. The average Bonchev–Trinajstić information content (AvgIpc) is 2.16. The van der Waals surface area contributed by atoms with Gasteiger partial charge in [0.1, 0.15) is 0 Å². The molecular formula is C8H8ClN3O3. The second-order valence-electron chi connectivity index (χ2n) is 2.68. The molecule has 0 radical (unpaired) electrons. The summed E-state index contributed by atoms with van der Waals surface area (Å²) in [5, 5.41) is 9.19. The molecule has 0 aromatic heterocycles. The highest BCUT2D eigenvalue weighted by Gasteiger charge is 2.13. The Kier molecular flexibility index (Phi) is 3.13. The first-order valence-corrected chi connectivity index (χ1v) is 4.18. The Bertz CT molecular complexity index is 422. The van der Waals surface area contributed by atoms with Crippen molar-refractivity contribution in [1.29, 1.82) is 0 Å². The molecule has 15 heavy (non-hydrogen) atoms. The molecule has 1 aromatic carbocycles. The van der Waals surface area contributed by atoms with Crippen LogP contribution in [-0.4, -0.2) is 17.1 Å². The third kappa shape index (κ3) is 2.36. The Morgan fingerprint density at radius 3 is 2.47 bits per heavy atom. The lowest BCUT2D eigenvalue weighted by molar-refractivity contribution is 0.100. The number of amides is 2. The van der Waals surface area contributed by atoms with Crippen LogP contribution >= 0.6 is 11.6 Å². The summed E-state index contributed by atoms with van der Waals surface area (Å²) in [5.74, 6) is 4.45.